The summed E-state index contributed by atoms with van der Waals surface area (Å²) >= 11 is 0. The van der Waals surface area contributed by atoms with E-state index < -0.39 is 0 Å². The van der Waals surface area contributed by atoms with Crippen molar-refractivity contribution in [1.29, 1.82) is 0 Å². The number of esters is 1. The van der Waals surface area contributed by atoms with Crippen molar-refractivity contribution in [2.45, 2.75) is 53.5 Å². The Bertz CT molecular complexity index is 190. The zero-order chi connectivity index (χ0) is 12.6. The van der Waals surface area contributed by atoms with Crippen molar-refractivity contribution in [3.05, 3.63) is 0 Å². The molecule has 0 saturated heterocycles. The van der Waals surface area contributed by atoms with Crippen LogP contribution in [0.25, 0.3) is 0 Å². The van der Waals surface area contributed by atoms with Gasteiger partial charge in [0.15, 0.2) is 0 Å². The summed E-state index contributed by atoms with van der Waals surface area (Å²) in [5, 5.41) is 0. The van der Waals surface area contributed by atoms with Crippen LogP contribution in [-0.4, -0.2) is 36.6 Å². The second-order valence-electron chi connectivity index (χ2n) is 4.99. The van der Waals surface area contributed by atoms with Gasteiger partial charge >= 0.3 is 5.97 Å². The van der Waals surface area contributed by atoms with Crippen molar-refractivity contribution in [3.63, 3.8) is 0 Å². The molecule has 0 fully saturated rings. The third-order valence-corrected chi connectivity index (χ3v) is 2.42. The second-order valence-corrected chi connectivity index (χ2v) is 4.99. The van der Waals surface area contributed by atoms with Crippen LogP contribution in [0.3, 0.4) is 0 Å². The average molecular weight is 229 g/mol. The molecule has 0 spiro atoms. The average Bonchev–Trinajstić information content (AvgIpc) is 2.16. The molecule has 0 N–H and O–H groups in total. The molecule has 16 heavy (non-hydrogen) atoms. The van der Waals surface area contributed by atoms with Crippen LogP contribution in [0, 0.1) is 5.92 Å². The summed E-state index contributed by atoms with van der Waals surface area (Å²) in [4.78, 5) is 13.7. The molecule has 0 bridgehead atoms. The van der Waals surface area contributed by atoms with Gasteiger partial charge < -0.3 is 4.74 Å². The summed E-state index contributed by atoms with van der Waals surface area (Å²) in [5.74, 6) is 0.480. The lowest BCUT2D eigenvalue weighted by Gasteiger charge is -2.27. The van der Waals surface area contributed by atoms with E-state index in [2.05, 4.69) is 39.5 Å². The third kappa shape index (κ3) is 7.69. The maximum Gasteiger partial charge on any atom is 0.320 e. The number of carbonyl (C=O) groups is 1. The summed E-state index contributed by atoms with van der Waals surface area (Å²) < 4.78 is 5.16. The lowest BCUT2D eigenvalue weighted by Crippen LogP contribution is -2.39. The topological polar surface area (TPSA) is 29.5 Å². The molecular weight excluding hydrogens is 202 g/mol. The van der Waals surface area contributed by atoms with Crippen LogP contribution in [0.5, 0.6) is 0 Å². The third-order valence-electron chi connectivity index (χ3n) is 2.42. The predicted octanol–water partition coefficient (Wildman–Crippen LogP) is 2.70. The van der Waals surface area contributed by atoms with Crippen LogP contribution >= 0.6 is 0 Å². The largest absolute Gasteiger partial charge is 0.465 e. The SMILES string of the molecule is CCCCOC(=O)CN(CC(C)C)C(C)C. The van der Waals surface area contributed by atoms with Crippen molar-refractivity contribution >= 4 is 5.97 Å². The molecule has 3 nitrogen and oxygen atoms in total. The van der Waals surface area contributed by atoms with Crippen LogP contribution in [0.4, 0.5) is 0 Å². The number of unbranched alkanes of at least 4 members (excludes halogenated alkanes) is 1. The Kier molecular flexibility index (Phi) is 8.26. The molecule has 0 aromatic rings. The van der Waals surface area contributed by atoms with Crippen molar-refractivity contribution in [2.75, 3.05) is 19.7 Å². The molecule has 0 heterocycles. The van der Waals surface area contributed by atoms with Gasteiger partial charge in [0, 0.05) is 12.6 Å². The maximum absolute atomic E-state index is 11.6. The van der Waals surface area contributed by atoms with Gasteiger partial charge in [-0.15, -0.1) is 0 Å². The van der Waals surface area contributed by atoms with Crippen LogP contribution in [0.15, 0.2) is 0 Å². The Morgan fingerprint density at radius 2 is 1.88 bits per heavy atom. The van der Waals surface area contributed by atoms with Crippen LogP contribution in [-0.2, 0) is 9.53 Å². The first kappa shape index (κ1) is 15.4. The minimum atomic E-state index is -0.0946. The van der Waals surface area contributed by atoms with Gasteiger partial charge in [0.2, 0.25) is 0 Å². The molecule has 0 rings (SSSR count). The highest BCUT2D eigenvalue weighted by atomic mass is 16.5. The summed E-state index contributed by atoms with van der Waals surface area (Å²) in [5.41, 5.74) is 0. The number of rotatable bonds is 8. The smallest absolute Gasteiger partial charge is 0.320 e. The van der Waals surface area contributed by atoms with E-state index >= 15 is 0 Å². The molecule has 0 aliphatic heterocycles. The fourth-order valence-corrected chi connectivity index (χ4v) is 1.47. The highest BCUT2D eigenvalue weighted by Gasteiger charge is 2.15. The molecule has 0 aliphatic rings. The molecule has 0 amide bonds. The predicted molar refractivity (Wildman–Crippen MR) is 67.4 cm³/mol. The Labute approximate surface area is 100 Å². The lowest BCUT2D eigenvalue weighted by atomic mass is 10.2. The number of ether oxygens (including phenoxy) is 1. The Morgan fingerprint density at radius 3 is 2.31 bits per heavy atom. The van der Waals surface area contributed by atoms with Crippen LogP contribution in [0.2, 0.25) is 0 Å². The number of nitrogens with zero attached hydrogens (tertiary/aromatic N) is 1. The molecule has 0 saturated carbocycles. The van der Waals surface area contributed by atoms with E-state index in [9.17, 15) is 4.79 Å². The van der Waals surface area contributed by atoms with E-state index in [0.29, 0.717) is 25.1 Å². The molecule has 0 aliphatic carbocycles. The van der Waals surface area contributed by atoms with Gasteiger partial charge in [0.1, 0.15) is 0 Å². The highest BCUT2D eigenvalue weighted by Crippen LogP contribution is 2.04. The van der Waals surface area contributed by atoms with E-state index in [1.165, 1.54) is 0 Å². The van der Waals surface area contributed by atoms with Gasteiger partial charge in [-0.1, -0.05) is 27.2 Å². The molecular formula is C13H27NO2. The van der Waals surface area contributed by atoms with Crippen LogP contribution in [0.1, 0.15) is 47.5 Å². The van der Waals surface area contributed by atoms with Crippen LogP contribution < -0.4 is 0 Å². The van der Waals surface area contributed by atoms with Gasteiger partial charge in [0.25, 0.3) is 0 Å². The zero-order valence-corrected chi connectivity index (χ0v) is 11.5. The quantitative estimate of drug-likeness (QED) is 0.473. The summed E-state index contributed by atoms with van der Waals surface area (Å²) in [6.07, 6.45) is 2.02. The van der Waals surface area contributed by atoms with E-state index in [0.717, 1.165) is 19.4 Å². The molecule has 96 valence electrons. The summed E-state index contributed by atoms with van der Waals surface area (Å²) in [6.45, 7) is 12.6. The standard InChI is InChI=1S/C13H27NO2/c1-6-7-8-16-13(15)10-14(12(4)5)9-11(2)3/h11-12H,6-10H2,1-5H3. The van der Waals surface area contributed by atoms with Crippen molar-refractivity contribution in [3.8, 4) is 0 Å². The highest BCUT2D eigenvalue weighted by molar-refractivity contribution is 5.71. The van der Waals surface area contributed by atoms with Gasteiger partial charge in [-0.25, -0.2) is 0 Å². The monoisotopic (exact) mass is 229 g/mol. The summed E-state index contributed by atoms with van der Waals surface area (Å²) in [6, 6.07) is 0.390. The van der Waals surface area contributed by atoms with E-state index in [1.807, 2.05) is 0 Å². The number of hydrogen-bond donors (Lipinski definition) is 0. The van der Waals surface area contributed by atoms with Gasteiger partial charge in [-0.3, -0.25) is 9.69 Å². The minimum Gasteiger partial charge on any atom is -0.465 e. The molecule has 0 atom stereocenters. The summed E-state index contributed by atoms with van der Waals surface area (Å²) in [7, 11) is 0. The molecule has 0 radical (unpaired) electrons. The van der Waals surface area contributed by atoms with Crippen molar-refractivity contribution < 1.29 is 9.53 Å². The second kappa shape index (κ2) is 8.57. The van der Waals surface area contributed by atoms with E-state index in [1.54, 1.807) is 0 Å². The Balaban J connectivity index is 3.93. The normalized spacial score (nSPS) is 11.5. The molecule has 0 unspecified atom stereocenters. The fraction of sp³-hybridized carbons (Fsp3) is 0.923. The van der Waals surface area contributed by atoms with Gasteiger partial charge in [-0.2, -0.15) is 0 Å². The zero-order valence-electron chi connectivity index (χ0n) is 11.5. The van der Waals surface area contributed by atoms with E-state index in [-0.39, 0.29) is 5.97 Å². The number of hydrogen-bond acceptors (Lipinski definition) is 3. The minimum absolute atomic E-state index is 0.0946. The van der Waals surface area contributed by atoms with Gasteiger partial charge in [-0.05, 0) is 26.2 Å². The molecule has 0 aromatic carbocycles. The van der Waals surface area contributed by atoms with Gasteiger partial charge in [0.05, 0.1) is 13.2 Å². The number of carbonyl (C=O) groups excluding carboxylic acids is 1. The Hall–Kier alpha value is -0.570. The first-order valence-electron chi connectivity index (χ1n) is 6.37. The lowest BCUT2D eigenvalue weighted by molar-refractivity contribution is -0.145. The first-order valence-corrected chi connectivity index (χ1v) is 6.37. The molecule has 3 heteroatoms. The van der Waals surface area contributed by atoms with Crippen molar-refractivity contribution in [1.82, 2.24) is 4.90 Å². The van der Waals surface area contributed by atoms with Crippen molar-refractivity contribution in [2.24, 2.45) is 5.92 Å². The fourth-order valence-electron chi connectivity index (χ4n) is 1.47. The maximum atomic E-state index is 11.6. The molecule has 0 aromatic heterocycles. The Morgan fingerprint density at radius 1 is 1.25 bits per heavy atom. The first-order chi connectivity index (χ1) is 7.47. The van der Waals surface area contributed by atoms with E-state index in [4.69, 9.17) is 4.74 Å².